The number of halogens is 2. The van der Waals surface area contributed by atoms with Gasteiger partial charge in [0.25, 0.3) is 0 Å². The number of likely N-dealkylation sites (N-methyl/N-ethyl adjacent to an activating group) is 1. The van der Waals surface area contributed by atoms with Gasteiger partial charge in [-0.25, -0.2) is 8.78 Å². The largest absolute Gasteiger partial charge is 0.351 e. The molecule has 0 radical (unpaired) electrons. The highest BCUT2D eigenvalue weighted by molar-refractivity contribution is 5.24. The molecular weight excluding hydrogens is 240 g/mol. The summed E-state index contributed by atoms with van der Waals surface area (Å²) in [6, 6.07) is 3.08. The molecular formula is C13H19F2NO2. The molecule has 0 heterocycles. The molecule has 0 spiro atoms. The van der Waals surface area contributed by atoms with Crippen molar-refractivity contribution in [1.29, 1.82) is 0 Å². The predicted molar refractivity (Wildman–Crippen MR) is 65.2 cm³/mol. The molecule has 1 rings (SSSR count). The standard InChI is InChI=1S/C13H19F2NO2/c1-4-17-13(18-5-2)12(16-3)11-9(14)7-6-8-10(11)15/h6-8,12-13,16H,4-5H2,1-3H3. The Morgan fingerprint density at radius 2 is 1.61 bits per heavy atom. The first-order valence-corrected chi connectivity index (χ1v) is 6.00. The Morgan fingerprint density at radius 3 is 2.00 bits per heavy atom. The number of hydrogen-bond donors (Lipinski definition) is 1. The molecule has 0 aliphatic carbocycles. The van der Waals surface area contributed by atoms with Crippen molar-refractivity contribution in [2.75, 3.05) is 20.3 Å². The molecule has 1 unspecified atom stereocenters. The number of nitrogens with one attached hydrogen (secondary N) is 1. The maximum Gasteiger partial charge on any atom is 0.177 e. The third kappa shape index (κ3) is 3.48. The number of benzene rings is 1. The molecule has 0 saturated carbocycles. The molecule has 0 aromatic heterocycles. The van der Waals surface area contributed by atoms with Crippen LogP contribution in [0.4, 0.5) is 8.78 Å². The molecule has 102 valence electrons. The van der Waals surface area contributed by atoms with E-state index in [-0.39, 0.29) is 5.56 Å². The molecule has 18 heavy (non-hydrogen) atoms. The first-order valence-electron chi connectivity index (χ1n) is 6.00. The second-order valence-electron chi connectivity index (χ2n) is 3.68. The topological polar surface area (TPSA) is 30.5 Å². The normalized spacial score (nSPS) is 13.0. The molecule has 0 aliphatic heterocycles. The van der Waals surface area contributed by atoms with Gasteiger partial charge in [0.15, 0.2) is 6.29 Å². The number of ether oxygens (including phenoxy) is 2. The molecule has 0 saturated heterocycles. The van der Waals surface area contributed by atoms with Crippen LogP contribution in [0.1, 0.15) is 25.5 Å². The van der Waals surface area contributed by atoms with Crippen LogP contribution >= 0.6 is 0 Å². The Balaban J connectivity index is 3.06. The van der Waals surface area contributed by atoms with E-state index in [1.54, 1.807) is 20.9 Å². The van der Waals surface area contributed by atoms with Crippen LogP contribution in [0.3, 0.4) is 0 Å². The number of rotatable bonds is 7. The SMILES string of the molecule is CCOC(OCC)C(NC)c1c(F)cccc1F. The molecule has 5 heteroatoms. The Hall–Kier alpha value is -1.04. The van der Waals surface area contributed by atoms with E-state index in [0.717, 1.165) is 0 Å². The Bertz CT molecular complexity index is 348. The van der Waals surface area contributed by atoms with Crippen molar-refractivity contribution in [2.24, 2.45) is 0 Å². The fraction of sp³-hybridized carbons (Fsp3) is 0.538. The van der Waals surface area contributed by atoms with E-state index in [4.69, 9.17) is 9.47 Å². The molecule has 3 nitrogen and oxygen atoms in total. The monoisotopic (exact) mass is 259 g/mol. The summed E-state index contributed by atoms with van der Waals surface area (Å²) in [6.07, 6.45) is -0.726. The zero-order valence-electron chi connectivity index (χ0n) is 10.9. The van der Waals surface area contributed by atoms with Crippen molar-refractivity contribution in [3.05, 3.63) is 35.4 Å². The summed E-state index contributed by atoms with van der Waals surface area (Å²) in [4.78, 5) is 0. The van der Waals surface area contributed by atoms with Crippen LogP contribution in [0.25, 0.3) is 0 Å². The van der Waals surface area contributed by atoms with Gasteiger partial charge in [0.05, 0.1) is 6.04 Å². The zero-order chi connectivity index (χ0) is 13.5. The van der Waals surface area contributed by atoms with Crippen LogP contribution in [-0.2, 0) is 9.47 Å². The molecule has 1 aromatic carbocycles. The molecule has 1 aromatic rings. The summed E-state index contributed by atoms with van der Waals surface area (Å²) in [6.45, 7) is 4.41. The smallest absolute Gasteiger partial charge is 0.177 e. The van der Waals surface area contributed by atoms with Crippen LogP contribution in [0.5, 0.6) is 0 Å². The van der Waals surface area contributed by atoms with Crippen molar-refractivity contribution < 1.29 is 18.3 Å². The maximum absolute atomic E-state index is 13.7. The van der Waals surface area contributed by atoms with Gasteiger partial charge in [-0.05, 0) is 33.0 Å². The summed E-state index contributed by atoms with van der Waals surface area (Å²) in [7, 11) is 1.61. The summed E-state index contributed by atoms with van der Waals surface area (Å²) in [5, 5.41) is 2.84. The third-order valence-electron chi connectivity index (χ3n) is 2.56. The lowest BCUT2D eigenvalue weighted by Crippen LogP contribution is -2.35. The van der Waals surface area contributed by atoms with E-state index in [1.165, 1.54) is 18.2 Å². The highest BCUT2D eigenvalue weighted by Crippen LogP contribution is 2.25. The molecule has 0 amide bonds. The lowest BCUT2D eigenvalue weighted by molar-refractivity contribution is -0.155. The predicted octanol–water partition coefficient (Wildman–Crippen LogP) is 2.62. The van der Waals surface area contributed by atoms with Gasteiger partial charge in [-0.2, -0.15) is 0 Å². The average Bonchev–Trinajstić information content (AvgIpc) is 2.34. The van der Waals surface area contributed by atoms with Crippen LogP contribution in [-0.4, -0.2) is 26.6 Å². The lowest BCUT2D eigenvalue weighted by atomic mass is 10.0. The van der Waals surface area contributed by atoms with E-state index in [1.807, 2.05) is 0 Å². The van der Waals surface area contributed by atoms with Gasteiger partial charge in [0.2, 0.25) is 0 Å². The van der Waals surface area contributed by atoms with Gasteiger partial charge in [-0.15, -0.1) is 0 Å². The number of hydrogen-bond acceptors (Lipinski definition) is 3. The summed E-state index contributed by atoms with van der Waals surface area (Å²) in [5.74, 6) is -1.22. The first-order chi connectivity index (χ1) is 8.65. The second-order valence-corrected chi connectivity index (χ2v) is 3.68. The summed E-state index contributed by atoms with van der Waals surface area (Å²) < 4.78 is 38.2. The fourth-order valence-corrected chi connectivity index (χ4v) is 1.79. The second kappa shape index (κ2) is 7.41. The molecule has 0 aliphatic rings. The van der Waals surface area contributed by atoms with Gasteiger partial charge in [0.1, 0.15) is 11.6 Å². The quantitative estimate of drug-likeness (QED) is 0.764. The maximum atomic E-state index is 13.7. The van der Waals surface area contributed by atoms with E-state index in [0.29, 0.717) is 13.2 Å². The third-order valence-corrected chi connectivity index (χ3v) is 2.56. The summed E-state index contributed by atoms with van der Waals surface area (Å²) >= 11 is 0. The van der Waals surface area contributed by atoms with Crippen LogP contribution < -0.4 is 5.32 Å². The van der Waals surface area contributed by atoms with E-state index >= 15 is 0 Å². The molecule has 1 N–H and O–H groups in total. The highest BCUT2D eigenvalue weighted by atomic mass is 19.1. The summed E-state index contributed by atoms with van der Waals surface area (Å²) in [5.41, 5.74) is -0.0631. The van der Waals surface area contributed by atoms with Crippen molar-refractivity contribution in [2.45, 2.75) is 26.2 Å². The van der Waals surface area contributed by atoms with Crippen molar-refractivity contribution >= 4 is 0 Å². The molecule has 1 atom stereocenters. The highest BCUT2D eigenvalue weighted by Gasteiger charge is 2.28. The molecule has 0 bridgehead atoms. The lowest BCUT2D eigenvalue weighted by Gasteiger charge is -2.27. The van der Waals surface area contributed by atoms with Crippen LogP contribution in [0, 0.1) is 11.6 Å². The van der Waals surface area contributed by atoms with E-state index in [9.17, 15) is 8.78 Å². The Kier molecular flexibility index (Phi) is 6.18. The zero-order valence-corrected chi connectivity index (χ0v) is 10.9. The van der Waals surface area contributed by atoms with Gasteiger partial charge in [-0.3, -0.25) is 0 Å². The fourth-order valence-electron chi connectivity index (χ4n) is 1.79. The Labute approximate surface area is 106 Å². The average molecular weight is 259 g/mol. The first kappa shape index (κ1) is 15.0. The minimum absolute atomic E-state index is 0.0631. The van der Waals surface area contributed by atoms with Crippen molar-refractivity contribution in [3.8, 4) is 0 Å². The minimum Gasteiger partial charge on any atom is -0.351 e. The van der Waals surface area contributed by atoms with Gasteiger partial charge >= 0.3 is 0 Å². The minimum atomic E-state index is -0.726. The van der Waals surface area contributed by atoms with Gasteiger partial charge in [-0.1, -0.05) is 6.07 Å². The van der Waals surface area contributed by atoms with Crippen molar-refractivity contribution in [3.63, 3.8) is 0 Å². The van der Waals surface area contributed by atoms with Crippen LogP contribution in [0.15, 0.2) is 18.2 Å². The van der Waals surface area contributed by atoms with Gasteiger partial charge < -0.3 is 14.8 Å². The van der Waals surface area contributed by atoms with Crippen molar-refractivity contribution in [1.82, 2.24) is 5.32 Å². The Morgan fingerprint density at radius 1 is 1.11 bits per heavy atom. The van der Waals surface area contributed by atoms with Crippen LogP contribution in [0.2, 0.25) is 0 Å². The molecule has 0 fully saturated rings. The van der Waals surface area contributed by atoms with E-state index in [2.05, 4.69) is 5.32 Å². The van der Waals surface area contributed by atoms with E-state index < -0.39 is 24.0 Å². The van der Waals surface area contributed by atoms with Gasteiger partial charge in [0, 0.05) is 18.8 Å².